The molecule has 348 valence electrons. The number of benzene rings is 5. The fourth-order valence-corrected chi connectivity index (χ4v) is 7.95. The zero-order valence-electron chi connectivity index (χ0n) is 39.6. The van der Waals surface area contributed by atoms with Crippen molar-refractivity contribution in [3.8, 4) is 0 Å². The highest BCUT2D eigenvalue weighted by molar-refractivity contribution is 5.27. The van der Waals surface area contributed by atoms with Crippen molar-refractivity contribution < 1.29 is 39.9 Å². The molecule has 4 fully saturated rings. The molecule has 63 heavy (non-hydrogen) atoms. The van der Waals surface area contributed by atoms with E-state index in [0.29, 0.717) is 0 Å². The van der Waals surface area contributed by atoms with E-state index < -0.39 is 40.8 Å². The summed E-state index contributed by atoms with van der Waals surface area (Å²) in [5, 5.41) is 0. The number of halogens is 8. The number of rotatable bonds is 0. The molecule has 0 N–H and O–H groups in total. The lowest BCUT2D eigenvalue weighted by atomic mass is 9.52. The molecule has 9 heteroatoms. The van der Waals surface area contributed by atoms with Gasteiger partial charge >= 0.3 is 6.18 Å². The van der Waals surface area contributed by atoms with Crippen molar-refractivity contribution in [3.63, 3.8) is 0 Å². The van der Waals surface area contributed by atoms with E-state index in [1.54, 1.807) is 46.3 Å². The van der Waals surface area contributed by atoms with Crippen molar-refractivity contribution in [2.45, 2.75) is 114 Å². The molecule has 9 rings (SSSR count). The monoisotopic (exact) mass is 887 g/mol. The van der Waals surface area contributed by atoms with Crippen molar-refractivity contribution in [1.82, 2.24) is 0 Å². The van der Waals surface area contributed by atoms with Gasteiger partial charge in [-0.25, -0.2) is 22.0 Å². The maximum Gasteiger partial charge on any atom is 0.386 e. The Bertz CT molecular complexity index is 1810. The molecule has 0 saturated heterocycles. The largest absolute Gasteiger partial charge is 0.388 e. The molecule has 0 amide bonds. The van der Waals surface area contributed by atoms with Crippen LogP contribution in [0.5, 0.6) is 0 Å². The molecule has 0 unspecified atom stereocenters. The highest BCUT2D eigenvalue weighted by Crippen LogP contribution is 2.56. The van der Waals surface area contributed by atoms with Crippen LogP contribution in [0.4, 0.5) is 35.1 Å². The van der Waals surface area contributed by atoms with Gasteiger partial charge in [-0.15, -0.1) is 0 Å². The molecule has 4 aliphatic carbocycles. The van der Waals surface area contributed by atoms with Crippen LogP contribution in [0.3, 0.4) is 0 Å². The standard InChI is InChI=1S/C11H18.C9H12.2C8H10.C7H3F5.C7H8.C2H3F3.C2H6O/c1-7-10-3-8-2-9(5-10)6-11(7)4-8;1-7-4-8(2)6-9(3)5-7;1-7-3-5-8(2)6-4-7;1-7-5-3-4-6-8(7)2;1-2-3(8)5(10)7(12)6(11)4(2)9;1-7-5-3-2-4-6-7;1-2(3,4)5;1-3-2/h7-11H,2-6H2,1H3;4-6H,1-3H3;2*3-6H,1-2H3;1H3;2-6H,1H3;1H3;1-2H3. The van der Waals surface area contributed by atoms with E-state index in [9.17, 15) is 35.1 Å². The average Bonchev–Trinajstić information content (AvgIpc) is 3.20. The lowest BCUT2D eigenvalue weighted by molar-refractivity contribution is -0.110. The van der Waals surface area contributed by atoms with Crippen molar-refractivity contribution in [2.24, 2.45) is 29.6 Å². The molecule has 1 nitrogen and oxygen atoms in total. The minimum absolute atomic E-state index is 0.188. The van der Waals surface area contributed by atoms with Crippen LogP contribution in [-0.4, -0.2) is 20.4 Å². The first kappa shape index (κ1) is 56.5. The summed E-state index contributed by atoms with van der Waals surface area (Å²) in [4.78, 5) is 0. The number of ether oxygens (including phenoxy) is 1. The van der Waals surface area contributed by atoms with Crippen LogP contribution in [0.15, 0.2) is 97.1 Å². The third-order valence-corrected chi connectivity index (χ3v) is 11.1. The maximum atomic E-state index is 12.4. The lowest BCUT2D eigenvalue weighted by Gasteiger charge is -2.53. The average molecular weight is 887 g/mol. The summed E-state index contributed by atoms with van der Waals surface area (Å²) < 4.78 is 96.9. The summed E-state index contributed by atoms with van der Waals surface area (Å²) >= 11 is 0. The summed E-state index contributed by atoms with van der Waals surface area (Å²) in [5.74, 6) is -3.83. The first-order valence-corrected chi connectivity index (χ1v) is 21.4. The van der Waals surface area contributed by atoms with Gasteiger partial charge in [-0.2, -0.15) is 13.2 Å². The van der Waals surface area contributed by atoms with E-state index in [2.05, 4.69) is 146 Å². The third-order valence-electron chi connectivity index (χ3n) is 11.1. The molecular formula is C54H70F8O. The Hall–Kier alpha value is -4.50. The van der Waals surface area contributed by atoms with Crippen LogP contribution in [0.2, 0.25) is 0 Å². The quantitative estimate of drug-likeness (QED) is 0.0855. The molecule has 0 radical (unpaired) electrons. The van der Waals surface area contributed by atoms with Gasteiger partial charge in [-0.05, 0) is 135 Å². The van der Waals surface area contributed by atoms with Crippen LogP contribution in [0, 0.1) is 121 Å². The molecule has 4 bridgehead atoms. The Morgan fingerprint density at radius 2 is 0.698 bits per heavy atom. The number of aryl methyl sites for hydroxylation is 8. The predicted octanol–water partition coefficient (Wildman–Crippen LogP) is 16.8. The second-order valence-electron chi connectivity index (χ2n) is 17.2. The van der Waals surface area contributed by atoms with Crippen LogP contribution in [0.25, 0.3) is 0 Å². The minimum atomic E-state index is -4.00. The van der Waals surface area contributed by atoms with Gasteiger partial charge in [-0.1, -0.05) is 137 Å². The smallest absolute Gasteiger partial charge is 0.386 e. The topological polar surface area (TPSA) is 9.23 Å². The summed E-state index contributed by atoms with van der Waals surface area (Å²) in [6.07, 6.45) is 3.96. The van der Waals surface area contributed by atoms with Gasteiger partial charge in [0.25, 0.3) is 0 Å². The molecule has 0 atom stereocenters. The lowest BCUT2D eigenvalue weighted by Crippen LogP contribution is -2.43. The molecular weight excluding hydrogens is 817 g/mol. The van der Waals surface area contributed by atoms with Crippen molar-refractivity contribution in [1.29, 1.82) is 0 Å². The Morgan fingerprint density at radius 1 is 0.429 bits per heavy atom. The molecule has 0 spiro atoms. The van der Waals surface area contributed by atoms with E-state index >= 15 is 0 Å². The highest BCUT2D eigenvalue weighted by Gasteiger charge is 2.46. The summed E-state index contributed by atoms with van der Waals surface area (Å²) in [6.45, 7) is 20.4. The summed E-state index contributed by atoms with van der Waals surface area (Å²) in [6, 6.07) is 33.7. The molecule has 0 aliphatic heterocycles. The second-order valence-corrected chi connectivity index (χ2v) is 17.2. The Morgan fingerprint density at radius 3 is 0.968 bits per heavy atom. The van der Waals surface area contributed by atoms with Crippen molar-refractivity contribution >= 4 is 0 Å². The van der Waals surface area contributed by atoms with Crippen molar-refractivity contribution in [3.05, 3.63) is 176 Å². The van der Waals surface area contributed by atoms with Crippen LogP contribution >= 0.6 is 0 Å². The van der Waals surface area contributed by atoms with Gasteiger partial charge in [0.05, 0.1) is 0 Å². The van der Waals surface area contributed by atoms with Gasteiger partial charge in [0, 0.05) is 26.7 Å². The fourth-order valence-electron chi connectivity index (χ4n) is 7.95. The Balaban J connectivity index is 0.000000369. The van der Waals surface area contributed by atoms with Crippen molar-refractivity contribution in [2.75, 3.05) is 14.2 Å². The summed E-state index contributed by atoms with van der Waals surface area (Å²) in [5.41, 5.74) is 9.91. The molecule has 4 saturated carbocycles. The van der Waals surface area contributed by atoms with E-state index in [4.69, 9.17) is 0 Å². The summed E-state index contributed by atoms with van der Waals surface area (Å²) in [7, 11) is 3.25. The van der Waals surface area contributed by atoms with Gasteiger partial charge in [0.15, 0.2) is 23.3 Å². The first-order valence-electron chi connectivity index (χ1n) is 21.4. The maximum absolute atomic E-state index is 12.4. The van der Waals surface area contributed by atoms with Crippen LogP contribution < -0.4 is 0 Å². The normalized spacial score (nSPS) is 18.5. The first-order chi connectivity index (χ1) is 29.4. The molecule has 5 aromatic rings. The Kier molecular flexibility index (Phi) is 25.4. The zero-order valence-corrected chi connectivity index (χ0v) is 39.6. The highest BCUT2D eigenvalue weighted by atomic mass is 19.4. The van der Waals surface area contributed by atoms with E-state index in [-0.39, 0.29) is 6.92 Å². The number of alkyl halides is 3. The fraction of sp³-hybridized carbons (Fsp3) is 0.444. The van der Waals surface area contributed by atoms with Gasteiger partial charge in [0.1, 0.15) is 0 Å². The SMILES string of the molecule is CC(F)(F)F.CC1C2CC3CC(C2)CC1C3.COC.Cc1c(F)c(F)c(F)c(F)c1F.Cc1cc(C)cc(C)c1.Cc1ccc(C)cc1.Cc1ccccc1.Cc1ccccc1C. The van der Waals surface area contributed by atoms with E-state index in [0.717, 1.165) is 36.5 Å². The van der Waals surface area contributed by atoms with Gasteiger partial charge < -0.3 is 4.74 Å². The van der Waals surface area contributed by atoms with E-state index in [1.807, 2.05) is 18.2 Å². The molecule has 0 aromatic heterocycles. The van der Waals surface area contributed by atoms with Gasteiger partial charge in [0.2, 0.25) is 5.82 Å². The van der Waals surface area contributed by atoms with Gasteiger partial charge in [-0.3, -0.25) is 0 Å². The van der Waals surface area contributed by atoms with E-state index in [1.165, 1.54) is 44.5 Å². The molecule has 0 heterocycles. The predicted molar refractivity (Wildman–Crippen MR) is 246 cm³/mol. The molecule has 4 aliphatic rings. The Labute approximate surface area is 373 Å². The second kappa shape index (κ2) is 28.3. The van der Waals surface area contributed by atoms with Crippen LogP contribution in [-0.2, 0) is 4.74 Å². The zero-order chi connectivity index (χ0) is 48.0. The third kappa shape index (κ3) is 22.6. The molecule has 5 aromatic carbocycles. The number of hydrogen-bond donors (Lipinski definition) is 0. The number of hydrogen-bond acceptors (Lipinski definition) is 1. The number of methoxy groups -OCH3 is 1. The van der Waals surface area contributed by atoms with Crippen LogP contribution in [0.1, 0.15) is 96.0 Å². The minimum Gasteiger partial charge on any atom is -0.388 e.